The number of carbonyl (C=O) groups excluding carboxylic acids is 1. The quantitative estimate of drug-likeness (QED) is 0.799. The highest BCUT2D eigenvalue weighted by atomic mass is 16.1. The number of amides is 1. The summed E-state index contributed by atoms with van der Waals surface area (Å²) in [4.78, 5) is 24.9. The first-order valence-corrected chi connectivity index (χ1v) is 7.26. The van der Waals surface area contributed by atoms with Gasteiger partial charge in [-0.15, -0.1) is 0 Å². The van der Waals surface area contributed by atoms with Gasteiger partial charge >= 0.3 is 0 Å². The van der Waals surface area contributed by atoms with Crippen LogP contribution in [-0.4, -0.2) is 30.6 Å². The molecule has 1 N–H and O–H groups in total. The molecule has 3 aromatic heterocycles. The van der Waals surface area contributed by atoms with E-state index in [4.69, 9.17) is 0 Å². The normalized spacial score (nSPS) is 10.5. The molecule has 0 aliphatic rings. The predicted octanol–water partition coefficient (Wildman–Crippen LogP) is 2.32. The number of aryl methyl sites for hydroxylation is 2. The molecule has 3 rings (SSSR count). The second-order valence-corrected chi connectivity index (χ2v) is 4.96. The Kier molecular flexibility index (Phi) is 4.09. The third kappa shape index (κ3) is 3.08. The standard InChI is InChI=1S/C16H16N6O/c1-3-22-15(11(2)8-20-22)21-16(23)12-9-18-14(19-10-12)13-6-4-5-7-17-13/h4-10H,3H2,1-2H3,(H,21,23). The Balaban J connectivity index is 1.79. The van der Waals surface area contributed by atoms with Gasteiger partial charge in [-0.2, -0.15) is 5.10 Å². The molecular weight excluding hydrogens is 292 g/mol. The third-order valence-corrected chi connectivity index (χ3v) is 3.36. The zero-order valence-electron chi connectivity index (χ0n) is 12.9. The number of aromatic nitrogens is 5. The zero-order valence-corrected chi connectivity index (χ0v) is 12.9. The van der Waals surface area contributed by atoms with Crippen molar-refractivity contribution in [2.24, 2.45) is 0 Å². The van der Waals surface area contributed by atoms with E-state index in [2.05, 4.69) is 25.4 Å². The van der Waals surface area contributed by atoms with Gasteiger partial charge in [-0.25, -0.2) is 14.6 Å². The van der Waals surface area contributed by atoms with E-state index >= 15 is 0 Å². The van der Waals surface area contributed by atoms with Crippen molar-refractivity contribution >= 4 is 11.7 Å². The molecule has 23 heavy (non-hydrogen) atoms. The highest BCUT2D eigenvalue weighted by molar-refractivity contribution is 6.03. The van der Waals surface area contributed by atoms with E-state index in [9.17, 15) is 4.79 Å². The summed E-state index contributed by atoms with van der Waals surface area (Å²) >= 11 is 0. The number of pyridine rings is 1. The molecule has 0 spiro atoms. The van der Waals surface area contributed by atoms with Crippen LogP contribution in [0.1, 0.15) is 22.8 Å². The van der Waals surface area contributed by atoms with Crippen LogP contribution in [0, 0.1) is 6.92 Å². The van der Waals surface area contributed by atoms with E-state index in [0.717, 1.165) is 5.56 Å². The van der Waals surface area contributed by atoms with Gasteiger partial charge in [0.2, 0.25) is 0 Å². The fourth-order valence-electron chi connectivity index (χ4n) is 2.13. The van der Waals surface area contributed by atoms with Crippen molar-refractivity contribution in [3.63, 3.8) is 0 Å². The Bertz CT molecular complexity index is 810. The first-order chi connectivity index (χ1) is 11.2. The maximum absolute atomic E-state index is 12.3. The molecule has 3 aromatic rings. The van der Waals surface area contributed by atoms with Crippen LogP contribution in [-0.2, 0) is 6.54 Å². The summed E-state index contributed by atoms with van der Waals surface area (Å²) in [6, 6.07) is 5.50. The Labute approximate surface area is 133 Å². The summed E-state index contributed by atoms with van der Waals surface area (Å²) in [5.74, 6) is 0.902. The molecule has 3 heterocycles. The fourth-order valence-corrected chi connectivity index (χ4v) is 2.13. The minimum atomic E-state index is -0.268. The van der Waals surface area contributed by atoms with Crippen LogP contribution in [0.25, 0.3) is 11.5 Å². The topological polar surface area (TPSA) is 85.6 Å². The van der Waals surface area contributed by atoms with Crippen LogP contribution < -0.4 is 5.32 Å². The van der Waals surface area contributed by atoms with Gasteiger partial charge in [0.15, 0.2) is 5.82 Å². The first kappa shape index (κ1) is 14.8. The lowest BCUT2D eigenvalue weighted by molar-refractivity contribution is 0.102. The molecule has 1 amide bonds. The molecule has 0 aliphatic heterocycles. The van der Waals surface area contributed by atoms with E-state index in [0.29, 0.717) is 29.4 Å². The molecule has 0 unspecified atom stereocenters. The highest BCUT2D eigenvalue weighted by Crippen LogP contribution is 2.15. The molecule has 0 aromatic carbocycles. The van der Waals surface area contributed by atoms with Crippen LogP contribution in [0.4, 0.5) is 5.82 Å². The van der Waals surface area contributed by atoms with Crippen molar-refractivity contribution in [1.29, 1.82) is 0 Å². The number of nitrogens with zero attached hydrogens (tertiary/aromatic N) is 5. The largest absolute Gasteiger partial charge is 0.306 e. The highest BCUT2D eigenvalue weighted by Gasteiger charge is 2.13. The molecule has 7 nitrogen and oxygen atoms in total. The summed E-state index contributed by atoms with van der Waals surface area (Å²) in [7, 11) is 0. The van der Waals surface area contributed by atoms with Crippen molar-refractivity contribution < 1.29 is 4.79 Å². The monoisotopic (exact) mass is 308 g/mol. The van der Waals surface area contributed by atoms with Crippen LogP contribution >= 0.6 is 0 Å². The lowest BCUT2D eigenvalue weighted by Gasteiger charge is -2.08. The second kappa shape index (κ2) is 6.35. The van der Waals surface area contributed by atoms with Gasteiger partial charge in [0, 0.05) is 30.7 Å². The number of anilines is 1. The van der Waals surface area contributed by atoms with E-state index in [1.54, 1.807) is 17.1 Å². The fraction of sp³-hybridized carbons (Fsp3) is 0.188. The molecule has 0 saturated heterocycles. The number of nitrogens with one attached hydrogen (secondary N) is 1. The Morgan fingerprint density at radius 2 is 1.96 bits per heavy atom. The van der Waals surface area contributed by atoms with Gasteiger partial charge in [0.05, 0.1) is 11.8 Å². The van der Waals surface area contributed by atoms with Gasteiger partial charge in [0.25, 0.3) is 5.91 Å². The molecule has 0 saturated carbocycles. The average Bonchev–Trinajstić information content (AvgIpc) is 2.96. The molecule has 0 atom stereocenters. The van der Waals surface area contributed by atoms with Gasteiger partial charge in [-0.05, 0) is 26.0 Å². The summed E-state index contributed by atoms with van der Waals surface area (Å²) in [6.45, 7) is 4.54. The van der Waals surface area contributed by atoms with Crippen molar-refractivity contribution in [3.8, 4) is 11.5 Å². The predicted molar refractivity (Wildman–Crippen MR) is 85.9 cm³/mol. The minimum Gasteiger partial charge on any atom is -0.306 e. The van der Waals surface area contributed by atoms with Crippen molar-refractivity contribution in [1.82, 2.24) is 24.7 Å². The van der Waals surface area contributed by atoms with E-state index in [1.165, 1.54) is 12.4 Å². The maximum atomic E-state index is 12.3. The number of hydrogen-bond acceptors (Lipinski definition) is 5. The third-order valence-electron chi connectivity index (χ3n) is 3.36. The van der Waals surface area contributed by atoms with E-state index in [-0.39, 0.29) is 5.91 Å². The van der Waals surface area contributed by atoms with Crippen LogP contribution in [0.5, 0.6) is 0 Å². The smallest absolute Gasteiger partial charge is 0.259 e. The van der Waals surface area contributed by atoms with Crippen LogP contribution in [0.15, 0.2) is 43.0 Å². The van der Waals surface area contributed by atoms with Crippen molar-refractivity contribution in [2.75, 3.05) is 5.32 Å². The second-order valence-electron chi connectivity index (χ2n) is 4.96. The lowest BCUT2D eigenvalue weighted by Crippen LogP contribution is -2.16. The average molecular weight is 308 g/mol. The lowest BCUT2D eigenvalue weighted by atomic mass is 10.3. The van der Waals surface area contributed by atoms with Gasteiger partial charge in [0.1, 0.15) is 11.5 Å². The maximum Gasteiger partial charge on any atom is 0.259 e. The molecule has 0 radical (unpaired) electrons. The number of rotatable bonds is 4. The number of hydrogen-bond donors (Lipinski definition) is 1. The summed E-state index contributed by atoms with van der Waals surface area (Å²) in [6.07, 6.45) is 6.39. The molecule has 0 bridgehead atoms. The Morgan fingerprint density at radius 1 is 1.17 bits per heavy atom. The first-order valence-electron chi connectivity index (χ1n) is 7.26. The molecule has 7 heteroatoms. The summed E-state index contributed by atoms with van der Waals surface area (Å²) in [5.41, 5.74) is 1.96. The van der Waals surface area contributed by atoms with Crippen LogP contribution in [0.2, 0.25) is 0 Å². The summed E-state index contributed by atoms with van der Waals surface area (Å²) in [5, 5.41) is 7.05. The SMILES string of the molecule is CCn1ncc(C)c1NC(=O)c1cnc(-c2ccccn2)nc1. The van der Waals surface area contributed by atoms with Gasteiger partial charge < -0.3 is 5.32 Å². The van der Waals surface area contributed by atoms with Crippen LogP contribution in [0.3, 0.4) is 0 Å². The van der Waals surface area contributed by atoms with E-state index < -0.39 is 0 Å². The molecule has 0 aliphatic carbocycles. The van der Waals surface area contributed by atoms with Gasteiger partial charge in [-0.1, -0.05) is 6.07 Å². The molecule has 0 fully saturated rings. The van der Waals surface area contributed by atoms with Crippen molar-refractivity contribution in [3.05, 3.63) is 54.1 Å². The van der Waals surface area contributed by atoms with E-state index in [1.807, 2.05) is 32.0 Å². The Hall–Kier alpha value is -3.09. The van der Waals surface area contributed by atoms with Crippen molar-refractivity contribution in [2.45, 2.75) is 20.4 Å². The number of carbonyl (C=O) groups is 1. The summed E-state index contributed by atoms with van der Waals surface area (Å²) < 4.78 is 1.73. The Morgan fingerprint density at radius 3 is 2.61 bits per heavy atom. The molecule has 116 valence electrons. The van der Waals surface area contributed by atoms with Gasteiger partial charge in [-0.3, -0.25) is 9.78 Å². The zero-order chi connectivity index (χ0) is 16.2. The molecular formula is C16H16N6O. The minimum absolute atomic E-state index is 0.268.